The standard InChI is InChI=1S/C11H26SSi/c1-5-6-7-8-9-12-10-11-13(2,3)4/h5-11H2,1-4H3. The van der Waals surface area contributed by atoms with Gasteiger partial charge < -0.3 is 0 Å². The molecule has 0 aliphatic carbocycles. The van der Waals surface area contributed by atoms with E-state index in [2.05, 4.69) is 38.3 Å². The van der Waals surface area contributed by atoms with E-state index in [0.29, 0.717) is 0 Å². The van der Waals surface area contributed by atoms with Crippen molar-refractivity contribution in [3.8, 4) is 0 Å². The van der Waals surface area contributed by atoms with Crippen LogP contribution in [0.25, 0.3) is 0 Å². The van der Waals surface area contributed by atoms with Crippen molar-refractivity contribution < 1.29 is 0 Å². The first-order valence-corrected chi connectivity index (χ1v) is 10.5. The maximum Gasteiger partial charge on any atom is 0.0450 e. The lowest BCUT2D eigenvalue weighted by molar-refractivity contribution is 0.706. The zero-order valence-electron chi connectivity index (χ0n) is 9.86. The van der Waals surface area contributed by atoms with Crippen LogP contribution in [-0.4, -0.2) is 19.6 Å². The van der Waals surface area contributed by atoms with Crippen molar-refractivity contribution in [2.75, 3.05) is 11.5 Å². The second-order valence-electron chi connectivity index (χ2n) is 4.98. The van der Waals surface area contributed by atoms with E-state index >= 15 is 0 Å². The monoisotopic (exact) mass is 218 g/mol. The molecule has 0 spiro atoms. The van der Waals surface area contributed by atoms with Gasteiger partial charge in [0.2, 0.25) is 0 Å². The van der Waals surface area contributed by atoms with Gasteiger partial charge in [0, 0.05) is 8.07 Å². The summed E-state index contributed by atoms with van der Waals surface area (Å²) in [6, 6.07) is 1.49. The van der Waals surface area contributed by atoms with Gasteiger partial charge in [-0.1, -0.05) is 45.8 Å². The van der Waals surface area contributed by atoms with E-state index in [0.717, 1.165) is 0 Å². The molecule has 80 valence electrons. The summed E-state index contributed by atoms with van der Waals surface area (Å²) in [5, 5.41) is 0. The lowest BCUT2D eigenvalue weighted by atomic mass is 10.2. The predicted octanol–water partition coefficient (Wildman–Crippen LogP) is 4.64. The minimum Gasteiger partial charge on any atom is -0.162 e. The average molecular weight is 218 g/mol. The van der Waals surface area contributed by atoms with Crippen LogP contribution in [0.15, 0.2) is 0 Å². The number of hydrogen-bond acceptors (Lipinski definition) is 1. The van der Waals surface area contributed by atoms with Crippen LogP contribution in [0.4, 0.5) is 0 Å². The molecule has 0 heterocycles. The van der Waals surface area contributed by atoms with Crippen LogP contribution < -0.4 is 0 Å². The highest BCUT2D eigenvalue weighted by atomic mass is 32.2. The molecule has 0 aromatic rings. The molecular formula is C11H26SSi. The maximum absolute atomic E-state index is 2.46. The molecule has 0 radical (unpaired) electrons. The molecule has 0 aromatic carbocycles. The fourth-order valence-electron chi connectivity index (χ4n) is 1.11. The summed E-state index contributed by atoms with van der Waals surface area (Å²) in [6.45, 7) is 9.66. The van der Waals surface area contributed by atoms with Gasteiger partial charge in [-0.15, -0.1) is 0 Å². The Hall–Kier alpha value is 0.567. The van der Waals surface area contributed by atoms with Gasteiger partial charge in [-0.25, -0.2) is 0 Å². The van der Waals surface area contributed by atoms with E-state index in [1.54, 1.807) is 0 Å². The third-order valence-electron chi connectivity index (χ3n) is 2.14. The quantitative estimate of drug-likeness (QED) is 0.422. The van der Waals surface area contributed by atoms with Crippen LogP contribution in [-0.2, 0) is 0 Å². The van der Waals surface area contributed by atoms with E-state index in [1.165, 1.54) is 43.2 Å². The van der Waals surface area contributed by atoms with Crippen LogP contribution >= 0.6 is 11.8 Å². The van der Waals surface area contributed by atoms with Crippen molar-refractivity contribution >= 4 is 19.8 Å². The SMILES string of the molecule is CCCCCCSCC[Si](C)(C)C. The molecule has 0 atom stereocenters. The third-order valence-corrected chi connectivity index (χ3v) is 5.32. The predicted molar refractivity (Wildman–Crippen MR) is 69.6 cm³/mol. The van der Waals surface area contributed by atoms with Crippen molar-refractivity contribution in [2.24, 2.45) is 0 Å². The molecule has 0 bridgehead atoms. The molecule has 0 aliphatic heterocycles. The zero-order valence-corrected chi connectivity index (χ0v) is 11.7. The topological polar surface area (TPSA) is 0 Å². The van der Waals surface area contributed by atoms with E-state index in [1.807, 2.05) is 0 Å². The Balaban J connectivity index is 3.00. The van der Waals surface area contributed by atoms with Gasteiger partial charge in [-0.2, -0.15) is 11.8 Å². The highest BCUT2D eigenvalue weighted by molar-refractivity contribution is 7.99. The molecule has 0 saturated heterocycles. The molecule has 2 heteroatoms. The molecule has 0 unspecified atom stereocenters. The summed E-state index contributed by atoms with van der Waals surface area (Å²) >= 11 is 2.17. The summed E-state index contributed by atoms with van der Waals surface area (Å²) in [5.41, 5.74) is 0. The van der Waals surface area contributed by atoms with Crippen molar-refractivity contribution in [3.05, 3.63) is 0 Å². The summed E-state index contributed by atoms with van der Waals surface area (Å²) in [7, 11) is -0.753. The Morgan fingerprint density at radius 1 is 0.923 bits per heavy atom. The van der Waals surface area contributed by atoms with Crippen LogP contribution in [0, 0.1) is 0 Å². The minimum absolute atomic E-state index is 0.753. The molecule has 0 saturated carbocycles. The van der Waals surface area contributed by atoms with Gasteiger partial charge in [-0.05, 0) is 24.0 Å². The highest BCUT2D eigenvalue weighted by Crippen LogP contribution is 2.15. The second-order valence-corrected chi connectivity index (χ2v) is 11.8. The van der Waals surface area contributed by atoms with Crippen molar-refractivity contribution in [2.45, 2.75) is 58.3 Å². The molecule has 0 aliphatic rings. The molecule has 0 fully saturated rings. The van der Waals surface area contributed by atoms with Crippen LogP contribution in [0.2, 0.25) is 25.7 Å². The summed E-state index contributed by atoms with van der Waals surface area (Å²) in [5.74, 6) is 2.80. The average Bonchev–Trinajstić information content (AvgIpc) is 2.01. The Bertz CT molecular complexity index is 107. The first-order chi connectivity index (χ1) is 6.06. The molecular weight excluding hydrogens is 192 g/mol. The number of hydrogen-bond donors (Lipinski definition) is 0. The fourth-order valence-corrected chi connectivity index (χ4v) is 4.75. The fraction of sp³-hybridized carbons (Fsp3) is 1.00. The number of thioether (sulfide) groups is 1. The van der Waals surface area contributed by atoms with Crippen molar-refractivity contribution in [1.82, 2.24) is 0 Å². The smallest absolute Gasteiger partial charge is 0.0450 e. The van der Waals surface area contributed by atoms with Crippen molar-refractivity contribution in [3.63, 3.8) is 0 Å². The Labute approximate surface area is 89.9 Å². The lowest BCUT2D eigenvalue weighted by Crippen LogP contribution is -2.19. The second kappa shape index (κ2) is 7.92. The van der Waals surface area contributed by atoms with Gasteiger partial charge in [0.05, 0.1) is 0 Å². The largest absolute Gasteiger partial charge is 0.162 e. The van der Waals surface area contributed by atoms with Crippen LogP contribution in [0.5, 0.6) is 0 Å². The maximum atomic E-state index is 2.46. The van der Waals surface area contributed by atoms with E-state index in [9.17, 15) is 0 Å². The van der Waals surface area contributed by atoms with Gasteiger partial charge in [0.25, 0.3) is 0 Å². The summed E-state index contributed by atoms with van der Waals surface area (Å²) in [6.07, 6.45) is 5.66. The summed E-state index contributed by atoms with van der Waals surface area (Å²) < 4.78 is 0. The Morgan fingerprint density at radius 3 is 2.15 bits per heavy atom. The highest BCUT2D eigenvalue weighted by Gasteiger charge is 2.11. The molecule has 0 rings (SSSR count). The van der Waals surface area contributed by atoms with E-state index < -0.39 is 8.07 Å². The van der Waals surface area contributed by atoms with Gasteiger partial charge in [0.15, 0.2) is 0 Å². The van der Waals surface area contributed by atoms with Gasteiger partial charge in [-0.3, -0.25) is 0 Å². The summed E-state index contributed by atoms with van der Waals surface area (Å²) in [4.78, 5) is 0. The first-order valence-electron chi connectivity index (χ1n) is 5.64. The molecule has 0 aromatic heterocycles. The minimum atomic E-state index is -0.753. The zero-order chi connectivity index (χ0) is 10.2. The van der Waals surface area contributed by atoms with E-state index in [4.69, 9.17) is 0 Å². The van der Waals surface area contributed by atoms with Crippen LogP contribution in [0.1, 0.15) is 32.6 Å². The molecule has 0 amide bonds. The Morgan fingerprint density at radius 2 is 1.62 bits per heavy atom. The lowest BCUT2D eigenvalue weighted by Gasteiger charge is -2.14. The van der Waals surface area contributed by atoms with Gasteiger partial charge >= 0.3 is 0 Å². The normalized spacial score (nSPS) is 12.0. The number of rotatable bonds is 8. The molecule has 13 heavy (non-hydrogen) atoms. The molecule has 0 nitrogen and oxygen atoms in total. The van der Waals surface area contributed by atoms with Crippen LogP contribution in [0.3, 0.4) is 0 Å². The number of unbranched alkanes of at least 4 members (excludes halogenated alkanes) is 3. The van der Waals surface area contributed by atoms with Gasteiger partial charge in [0.1, 0.15) is 0 Å². The van der Waals surface area contributed by atoms with E-state index in [-0.39, 0.29) is 0 Å². The molecule has 0 N–H and O–H groups in total. The van der Waals surface area contributed by atoms with Crippen molar-refractivity contribution in [1.29, 1.82) is 0 Å². The third kappa shape index (κ3) is 12.6. The Kier molecular flexibility index (Phi) is 8.27. The first kappa shape index (κ1) is 13.6.